The number of fused-ring (bicyclic) bond motifs is 2. The van der Waals surface area contributed by atoms with Crippen LogP contribution in [0.3, 0.4) is 0 Å². The highest BCUT2D eigenvalue weighted by Gasteiger charge is 2.38. The van der Waals surface area contributed by atoms with Crippen molar-refractivity contribution in [1.29, 1.82) is 0 Å². The van der Waals surface area contributed by atoms with Gasteiger partial charge < -0.3 is 20.1 Å². The van der Waals surface area contributed by atoms with E-state index in [0.717, 1.165) is 27.7 Å². The molecule has 4 aromatic heterocycles. The molecule has 0 amide bonds. The standard InChI is InChI=1S/C19H20N6O2/c1-19(26)8-12(9-19)21-18-23-17(27-2)16-13(4-6-25(16)24-18)14-7-11-3-5-20-10-15(11)22-14/h3-7,10,12,22,26H,8-9H2,1-2H3,(H,21,24). The first-order valence-electron chi connectivity index (χ1n) is 8.88. The summed E-state index contributed by atoms with van der Waals surface area (Å²) in [5.41, 5.74) is 3.08. The molecule has 1 aliphatic rings. The highest BCUT2D eigenvalue weighted by Crippen LogP contribution is 2.35. The maximum atomic E-state index is 9.90. The van der Waals surface area contributed by atoms with Crippen molar-refractivity contribution in [3.63, 3.8) is 0 Å². The van der Waals surface area contributed by atoms with E-state index in [4.69, 9.17) is 4.74 Å². The normalized spacial score (nSPS) is 22.1. The molecule has 1 fully saturated rings. The molecule has 0 spiro atoms. The third kappa shape index (κ3) is 2.69. The predicted octanol–water partition coefficient (Wildman–Crippen LogP) is 2.61. The summed E-state index contributed by atoms with van der Waals surface area (Å²) < 4.78 is 7.32. The van der Waals surface area contributed by atoms with Crippen molar-refractivity contribution in [2.75, 3.05) is 12.4 Å². The lowest BCUT2D eigenvalue weighted by Gasteiger charge is -2.41. The molecule has 8 heteroatoms. The Morgan fingerprint density at radius 2 is 2.22 bits per heavy atom. The molecule has 0 radical (unpaired) electrons. The third-order valence-electron chi connectivity index (χ3n) is 5.09. The van der Waals surface area contributed by atoms with Gasteiger partial charge in [0.05, 0.1) is 24.4 Å². The van der Waals surface area contributed by atoms with Crippen molar-refractivity contribution in [3.8, 4) is 17.1 Å². The van der Waals surface area contributed by atoms with Gasteiger partial charge in [-0.1, -0.05) is 0 Å². The van der Waals surface area contributed by atoms with Gasteiger partial charge >= 0.3 is 0 Å². The second-order valence-corrected chi connectivity index (χ2v) is 7.36. The van der Waals surface area contributed by atoms with Gasteiger partial charge in [0, 0.05) is 35.1 Å². The third-order valence-corrected chi connectivity index (χ3v) is 5.09. The molecule has 3 N–H and O–H groups in total. The second kappa shape index (κ2) is 5.68. The van der Waals surface area contributed by atoms with E-state index in [9.17, 15) is 5.11 Å². The SMILES string of the molecule is COc1nc(NC2CC(C)(O)C2)nn2ccc(-c3cc4ccncc4[nH]3)c12. The number of ether oxygens (including phenoxy) is 1. The summed E-state index contributed by atoms with van der Waals surface area (Å²) in [7, 11) is 1.60. The fourth-order valence-electron chi connectivity index (χ4n) is 3.82. The highest BCUT2D eigenvalue weighted by atomic mass is 16.5. The lowest BCUT2D eigenvalue weighted by Crippen LogP contribution is -2.48. The number of methoxy groups -OCH3 is 1. The number of rotatable bonds is 4. The Morgan fingerprint density at radius 3 is 2.96 bits per heavy atom. The van der Waals surface area contributed by atoms with Crippen LogP contribution in [0.1, 0.15) is 19.8 Å². The van der Waals surface area contributed by atoms with Crippen molar-refractivity contribution in [3.05, 3.63) is 36.8 Å². The molecule has 0 aromatic carbocycles. The largest absolute Gasteiger partial charge is 0.479 e. The number of nitrogens with one attached hydrogen (secondary N) is 2. The summed E-state index contributed by atoms with van der Waals surface area (Å²) in [6, 6.07) is 6.20. The zero-order chi connectivity index (χ0) is 18.6. The number of aromatic nitrogens is 5. The monoisotopic (exact) mass is 364 g/mol. The van der Waals surface area contributed by atoms with Crippen LogP contribution in [-0.2, 0) is 0 Å². The van der Waals surface area contributed by atoms with Crippen LogP contribution in [0.4, 0.5) is 5.95 Å². The van der Waals surface area contributed by atoms with Gasteiger partial charge in [-0.3, -0.25) is 4.98 Å². The zero-order valence-electron chi connectivity index (χ0n) is 15.1. The molecule has 0 unspecified atom stereocenters. The molecule has 8 nitrogen and oxygen atoms in total. The molecule has 1 aliphatic carbocycles. The lowest BCUT2D eigenvalue weighted by atomic mass is 9.77. The molecule has 138 valence electrons. The topological polar surface area (TPSA) is 100 Å². The van der Waals surface area contributed by atoms with E-state index in [1.807, 2.05) is 25.3 Å². The Labute approximate surface area is 155 Å². The van der Waals surface area contributed by atoms with E-state index >= 15 is 0 Å². The van der Waals surface area contributed by atoms with E-state index in [2.05, 4.69) is 31.4 Å². The van der Waals surface area contributed by atoms with Crippen molar-refractivity contribution in [2.24, 2.45) is 0 Å². The molecular formula is C19H20N6O2. The van der Waals surface area contributed by atoms with Crippen LogP contribution in [0, 0.1) is 0 Å². The minimum absolute atomic E-state index is 0.165. The van der Waals surface area contributed by atoms with E-state index < -0.39 is 5.60 Å². The summed E-state index contributed by atoms with van der Waals surface area (Å²) in [5.74, 6) is 0.984. The summed E-state index contributed by atoms with van der Waals surface area (Å²) >= 11 is 0. The van der Waals surface area contributed by atoms with Gasteiger partial charge in [0.1, 0.15) is 5.52 Å². The summed E-state index contributed by atoms with van der Waals surface area (Å²) in [6.07, 6.45) is 6.83. The second-order valence-electron chi connectivity index (χ2n) is 7.36. The molecule has 0 atom stereocenters. The first-order valence-corrected chi connectivity index (χ1v) is 8.88. The van der Waals surface area contributed by atoms with Crippen LogP contribution in [0.15, 0.2) is 36.8 Å². The number of aromatic amines is 1. The number of nitrogens with zero attached hydrogens (tertiary/aromatic N) is 4. The summed E-state index contributed by atoms with van der Waals surface area (Å²) in [4.78, 5) is 12.1. The molecule has 0 saturated heterocycles. The average Bonchev–Trinajstić information content (AvgIpc) is 3.23. The van der Waals surface area contributed by atoms with Crippen LogP contribution < -0.4 is 10.1 Å². The van der Waals surface area contributed by atoms with E-state index in [1.54, 1.807) is 24.0 Å². The van der Waals surface area contributed by atoms with Crippen molar-refractivity contribution >= 4 is 22.4 Å². The van der Waals surface area contributed by atoms with E-state index in [1.165, 1.54) is 0 Å². The lowest BCUT2D eigenvalue weighted by molar-refractivity contribution is -0.0236. The maximum Gasteiger partial charge on any atom is 0.244 e. The summed E-state index contributed by atoms with van der Waals surface area (Å²) in [6.45, 7) is 1.84. The predicted molar refractivity (Wildman–Crippen MR) is 102 cm³/mol. The Kier molecular flexibility index (Phi) is 3.38. The fourth-order valence-corrected chi connectivity index (χ4v) is 3.82. The average molecular weight is 364 g/mol. The highest BCUT2D eigenvalue weighted by molar-refractivity contribution is 5.90. The Hall–Kier alpha value is -3.13. The smallest absolute Gasteiger partial charge is 0.244 e. The van der Waals surface area contributed by atoms with E-state index in [0.29, 0.717) is 24.7 Å². The Bertz CT molecular complexity index is 1100. The number of anilines is 1. The maximum absolute atomic E-state index is 9.90. The quantitative estimate of drug-likeness (QED) is 0.515. The fraction of sp³-hybridized carbons (Fsp3) is 0.316. The van der Waals surface area contributed by atoms with Gasteiger partial charge in [0.25, 0.3) is 0 Å². The minimum atomic E-state index is -0.600. The van der Waals surface area contributed by atoms with Gasteiger partial charge in [0.2, 0.25) is 11.8 Å². The first kappa shape index (κ1) is 16.1. The Morgan fingerprint density at radius 1 is 1.37 bits per heavy atom. The zero-order valence-corrected chi connectivity index (χ0v) is 15.1. The van der Waals surface area contributed by atoms with Crippen LogP contribution in [0.2, 0.25) is 0 Å². The minimum Gasteiger partial charge on any atom is -0.479 e. The summed E-state index contributed by atoms with van der Waals surface area (Å²) in [5, 5.41) is 18.8. The van der Waals surface area contributed by atoms with Crippen LogP contribution in [0.5, 0.6) is 5.88 Å². The van der Waals surface area contributed by atoms with E-state index in [-0.39, 0.29) is 6.04 Å². The number of hydrogen-bond donors (Lipinski definition) is 3. The van der Waals surface area contributed by atoms with Gasteiger partial charge in [-0.15, -0.1) is 5.10 Å². The number of aliphatic hydroxyl groups is 1. The van der Waals surface area contributed by atoms with Gasteiger partial charge in [-0.25, -0.2) is 4.52 Å². The molecule has 5 rings (SSSR count). The Balaban J connectivity index is 1.55. The van der Waals surface area contributed by atoms with Crippen LogP contribution in [0.25, 0.3) is 27.7 Å². The van der Waals surface area contributed by atoms with Gasteiger partial charge in [0.15, 0.2) is 0 Å². The van der Waals surface area contributed by atoms with Crippen LogP contribution in [-0.4, -0.2) is 48.4 Å². The molecule has 1 saturated carbocycles. The molecular weight excluding hydrogens is 344 g/mol. The molecule has 4 aromatic rings. The van der Waals surface area contributed by atoms with Crippen molar-refractivity contribution in [1.82, 2.24) is 24.6 Å². The molecule has 0 bridgehead atoms. The van der Waals surface area contributed by atoms with Crippen molar-refractivity contribution in [2.45, 2.75) is 31.4 Å². The molecule has 27 heavy (non-hydrogen) atoms. The molecule has 0 aliphatic heterocycles. The van der Waals surface area contributed by atoms with Gasteiger partial charge in [-0.05, 0) is 38.0 Å². The number of H-pyrrole nitrogens is 1. The number of hydrogen-bond acceptors (Lipinski definition) is 6. The molecule has 4 heterocycles. The van der Waals surface area contributed by atoms with Gasteiger partial charge in [-0.2, -0.15) is 4.98 Å². The first-order chi connectivity index (χ1) is 13.0. The van der Waals surface area contributed by atoms with Crippen molar-refractivity contribution < 1.29 is 9.84 Å². The van der Waals surface area contributed by atoms with Crippen LogP contribution >= 0.6 is 0 Å². The number of pyridine rings is 1.